The molecule has 0 aliphatic carbocycles. The summed E-state index contributed by atoms with van der Waals surface area (Å²) < 4.78 is 13.7. The lowest BCUT2D eigenvalue weighted by Crippen LogP contribution is -2.07. The molecule has 9 aromatic carbocycles. The number of hydrogen-bond acceptors (Lipinski definition) is 5. The number of benzene rings is 9. The Hall–Kier alpha value is -8.39. The molecule has 0 fully saturated rings. The fourth-order valence-corrected chi connectivity index (χ4v) is 11.1. The second kappa shape index (κ2) is 13.6. The summed E-state index contributed by atoms with van der Waals surface area (Å²) in [5.41, 5.74) is 11.2. The van der Waals surface area contributed by atoms with E-state index in [1.54, 1.807) is 11.3 Å². The molecule has 0 unspecified atom stereocenters. The first-order chi connectivity index (χ1) is 31.7. The fourth-order valence-electron chi connectivity index (χ4n) is 9.95. The van der Waals surface area contributed by atoms with Crippen molar-refractivity contribution in [3.8, 4) is 45.5 Å². The summed E-state index contributed by atoms with van der Waals surface area (Å²) >= 11 is 1.80. The molecule has 6 nitrogen and oxygen atoms in total. The standard InChI is InChI=1S/C57H33N5OS/c1-3-14-34(15-4-1)36-26-28-40-45-33-37(27-31-48(45)63-49(40)32-36)61-46-22-10-7-18-38(46)41-29-30-42-39-19-8-11-23-47(39)62(54(42)53(41)61)57-59-55(35-16-5-2-6-17-35)58-56(60-57)44-21-13-25-51-52(44)43-20-9-12-24-50(43)64-51/h1-33H. The van der Waals surface area contributed by atoms with E-state index in [0.717, 1.165) is 98.9 Å². The normalized spacial score (nSPS) is 12.1. The van der Waals surface area contributed by atoms with Gasteiger partial charge in [-0.05, 0) is 65.7 Å². The van der Waals surface area contributed by atoms with Crippen molar-refractivity contribution >= 4 is 97.1 Å². The quantitative estimate of drug-likeness (QED) is 0.173. The highest BCUT2D eigenvalue weighted by Crippen LogP contribution is 2.44. The van der Waals surface area contributed by atoms with Crippen molar-refractivity contribution in [3.05, 3.63) is 200 Å². The van der Waals surface area contributed by atoms with Crippen LogP contribution in [0.4, 0.5) is 0 Å². The molecule has 0 aliphatic rings. The number of furan rings is 1. The topological polar surface area (TPSA) is 61.7 Å². The van der Waals surface area contributed by atoms with Crippen molar-refractivity contribution < 1.29 is 4.42 Å². The van der Waals surface area contributed by atoms with Crippen LogP contribution in [-0.4, -0.2) is 24.1 Å². The molecule has 14 aromatic rings. The summed E-state index contributed by atoms with van der Waals surface area (Å²) in [6.07, 6.45) is 0. The molecule has 64 heavy (non-hydrogen) atoms. The third-order valence-corrected chi connectivity index (χ3v) is 13.9. The highest BCUT2D eigenvalue weighted by molar-refractivity contribution is 7.25. The maximum atomic E-state index is 6.55. The number of nitrogens with zero attached hydrogens (tertiary/aromatic N) is 5. The van der Waals surface area contributed by atoms with Gasteiger partial charge in [-0.15, -0.1) is 11.3 Å². The molecule has 14 rings (SSSR count). The smallest absolute Gasteiger partial charge is 0.238 e. The Morgan fingerprint density at radius 3 is 1.78 bits per heavy atom. The maximum absolute atomic E-state index is 6.55. The molecule has 0 aliphatic heterocycles. The Bertz CT molecular complexity index is 4200. The Kier molecular flexibility index (Phi) is 7.46. The highest BCUT2D eigenvalue weighted by Gasteiger charge is 2.25. The van der Waals surface area contributed by atoms with Gasteiger partial charge < -0.3 is 8.98 Å². The van der Waals surface area contributed by atoms with Gasteiger partial charge in [0.15, 0.2) is 11.6 Å². The Morgan fingerprint density at radius 2 is 1.00 bits per heavy atom. The molecule has 0 amide bonds. The molecule has 7 heteroatoms. The average Bonchev–Trinajstić information content (AvgIpc) is 4.11. The largest absolute Gasteiger partial charge is 0.456 e. The van der Waals surface area contributed by atoms with E-state index in [1.165, 1.54) is 14.8 Å². The third kappa shape index (κ3) is 5.16. The molecule has 5 heterocycles. The number of fused-ring (bicyclic) bond motifs is 13. The van der Waals surface area contributed by atoms with Crippen LogP contribution in [0.2, 0.25) is 0 Å². The predicted octanol–water partition coefficient (Wildman–Crippen LogP) is 15.3. The van der Waals surface area contributed by atoms with Gasteiger partial charge >= 0.3 is 0 Å². The number of para-hydroxylation sites is 2. The van der Waals surface area contributed by atoms with Gasteiger partial charge in [-0.25, -0.2) is 4.98 Å². The minimum atomic E-state index is 0.557. The van der Waals surface area contributed by atoms with Crippen molar-refractivity contribution in [3.63, 3.8) is 0 Å². The highest BCUT2D eigenvalue weighted by atomic mass is 32.1. The maximum Gasteiger partial charge on any atom is 0.238 e. The second-order valence-corrected chi connectivity index (χ2v) is 17.4. The van der Waals surface area contributed by atoms with Crippen molar-refractivity contribution in [2.24, 2.45) is 0 Å². The van der Waals surface area contributed by atoms with Gasteiger partial charge in [0, 0.05) is 69.3 Å². The van der Waals surface area contributed by atoms with Crippen LogP contribution in [-0.2, 0) is 0 Å². The molecule has 298 valence electrons. The lowest BCUT2D eigenvalue weighted by molar-refractivity contribution is 0.669. The lowest BCUT2D eigenvalue weighted by atomic mass is 10.0. The van der Waals surface area contributed by atoms with E-state index in [2.05, 4.69) is 185 Å². The summed E-state index contributed by atoms with van der Waals surface area (Å²) in [5.74, 6) is 1.80. The minimum absolute atomic E-state index is 0.557. The number of thiophene rings is 1. The first-order valence-corrected chi connectivity index (χ1v) is 22.3. The van der Waals surface area contributed by atoms with E-state index in [9.17, 15) is 0 Å². The first kappa shape index (κ1) is 35.2. The Balaban J connectivity index is 1.08. The van der Waals surface area contributed by atoms with E-state index in [4.69, 9.17) is 19.4 Å². The lowest BCUT2D eigenvalue weighted by Gasteiger charge is -2.14. The van der Waals surface area contributed by atoms with Crippen LogP contribution < -0.4 is 0 Å². The molecule has 0 saturated carbocycles. The van der Waals surface area contributed by atoms with E-state index < -0.39 is 0 Å². The van der Waals surface area contributed by atoms with Crippen molar-refractivity contribution in [1.82, 2.24) is 24.1 Å². The Morgan fingerprint density at radius 1 is 0.375 bits per heavy atom. The molecular formula is C57H33N5OS. The zero-order valence-corrected chi connectivity index (χ0v) is 34.9. The van der Waals surface area contributed by atoms with Crippen LogP contribution in [0, 0.1) is 0 Å². The second-order valence-electron chi connectivity index (χ2n) is 16.3. The van der Waals surface area contributed by atoms with E-state index >= 15 is 0 Å². The van der Waals surface area contributed by atoms with Gasteiger partial charge in [-0.1, -0.05) is 146 Å². The van der Waals surface area contributed by atoms with Crippen molar-refractivity contribution in [1.29, 1.82) is 0 Å². The molecule has 0 atom stereocenters. The first-order valence-electron chi connectivity index (χ1n) is 21.4. The van der Waals surface area contributed by atoms with Crippen LogP contribution >= 0.6 is 11.3 Å². The van der Waals surface area contributed by atoms with Gasteiger partial charge in [0.2, 0.25) is 5.95 Å². The zero-order chi connectivity index (χ0) is 41.9. The van der Waals surface area contributed by atoms with E-state index in [0.29, 0.717) is 17.6 Å². The molecular weight excluding hydrogens is 803 g/mol. The average molecular weight is 836 g/mol. The number of rotatable bonds is 5. The summed E-state index contributed by atoms with van der Waals surface area (Å²) in [5, 5.41) is 9.04. The van der Waals surface area contributed by atoms with Gasteiger partial charge in [-0.2, -0.15) is 9.97 Å². The molecule has 0 spiro atoms. The van der Waals surface area contributed by atoms with Gasteiger partial charge in [0.25, 0.3) is 0 Å². The minimum Gasteiger partial charge on any atom is -0.456 e. The van der Waals surface area contributed by atoms with Crippen molar-refractivity contribution in [2.75, 3.05) is 0 Å². The van der Waals surface area contributed by atoms with Crippen LogP contribution in [0.5, 0.6) is 0 Å². The number of hydrogen-bond donors (Lipinski definition) is 0. The van der Waals surface area contributed by atoms with Gasteiger partial charge in [0.05, 0.1) is 22.1 Å². The van der Waals surface area contributed by atoms with Gasteiger partial charge in [0.1, 0.15) is 11.2 Å². The van der Waals surface area contributed by atoms with Crippen LogP contribution in [0.3, 0.4) is 0 Å². The predicted molar refractivity (Wildman–Crippen MR) is 265 cm³/mol. The molecule has 0 N–H and O–H groups in total. The fraction of sp³-hybridized carbons (Fsp3) is 0. The summed E-state index contributed by atoms with van der Waals surface area (Å²) in [6, 6.07) is 70.7. The SMILES string of the molecule is c1ccc(-c2ccc3c(c2)oc2ccc(-n4c5ccccc5c5ccc6c7ccccc7n(-c7nc(-c8ccccc8)nc(-c8cccc9sc%10ccccc%10c89)n7)c6c54)cc23)cc1. The van der Waals surface area contributed by atoms with Crippen molar-refractivity contribution in [2.45, 2.75) is 0 Å². The monoisotopic (exact) mass is 835 g/mol. The van der Waals surface area contributed by atoms with Crippen LogP contribution in [0.25, 0.3) is 131 Å². The van der Waals surface area contributed by atoms with Crippen LogP contribution in [0.15, 0.2) is 205 Å². The molecule has 5 aromatic heterocycles. The Labute approximate surface area is 369 Å². The summed E-state index contributed by atoms with van der Waals surface area (Å²) in [6.45, 7) is 0. The molecule has 0 saturated heterocycles. The zero-order valence-electron chi connectivity index (χ0n) is 34.1. The molecule has 0 bridgehead atoms. The number of aromatic nitrogens is 5. The van der Waals surface area contributed by atoms with Crippen LogP contribution in [0.1, 0.15) is 0 Å². The van der Waals surface area contributed by atoms with E-state index in [-0.39, 0.29) is 0 Å². The summed E-state index contributed by atoms with van der Waals surface area (Å²) in [4.78, 5) is 16.1. The molecule has 0 radical (unpaired) electrons. The van der Waals surface area contributed by atoms with E-state index in [1.807, 2.05) is 24.3 Å². The third-order valence-electron chi connectivity index (χ3n) is 12.8. The summed E-state index contributed by atoms with van der Waals surface area (Å²) in [7, 11) is 0. The van der Waals surface area contributed by atoms with Gasteiger partial charge in [-0.3, -0.25) is 4.57 Å².